The number of carbonyl (C=O) groups is 1. The van der Waals surface area contributed by atoms with Gasteiger partial charge in [-0.1, -0.05) is 30.7 Å². The van der Waals surface area contributed by atoms with Gasteiger partial charge in [0.15, 0.2) is 0 Å². The molecule has 1 aliphatic rings. The Hall–Kier alpha value is -2.16. The molecule has 0 spiro atoms. The van der Waals surface area contributed by atoms with Crippen LogP contribution < -0.4 is 10.6 Å². The van der Waals surface area contributed by atoms with Gasteiger partial charge in [-0.15, -0.1) is 22.7 Å². The molecular weight excluding hydrogens is 441 g/mol. The number of alkyl halides is 3. The summed E-state index contributed by atoms with van der Waals surface area (Å²) >= 11 is 3.37. The topological polar surface area (TPSA) is 41.1 Å². The number of halogens is 3. The third kappa shape index (κ3) is 5.56. The van der Waals surface area contributed by atoms with Crippen molar-refractivity contribution in [2.24, 2.45) is 5.92 Å². The molecule has 4 rings (SSSR count). The lowest BCUT2D eigenvalue weighted by Crippen LogP contribution is -2.41. The van der Waals surface area contributed by atoms with Gasteiger partial charge in [0.25, 0.3) is 0 Å². The van der Waals surface area contributed by atoms with Crippen molar-refractivity contribution in [1.29, 1.82) is 0 Å². The van der Waals surface area contributed by atoms with Crippen LogP contribution in [0.3, 0.4) is 0 Å². The zero-order valence-corrected chi connectivity index (χ0v) is 18.4. The first-order valence-corrected chi connectivity index (χ1v) is 11.9. The van der Waals surface area contributed by atoms with E-state index in [0.29, 0.717) is 18.7 Å². The molecule has 0 aliphatic heterocycles. The Morgan fingerprint density at radius 2 is 1.90 bits per heavy atom. The second-order valence-corrected chi connectivity index (χ2v) is 9.80. The number of carbonyl (C=O) groups excluding carboxylic acids is 1. The monoisotopic (exact) mass is 464 g/mol. The first-order chi connectivity index (χ1) is 14.9. The van der Waals surface area contributed by atoms with E-state index < -0.39 is 11.7 Å². The molecule has 31 heavy (non-hydrogen) atoms. The van der Waals surface area contributed by atoms with E-state index in [1.807, 2.05) is 17.5 Å². The number of hydrogen-bond donors (Lipinski definition) is 2. The SMILES string of the molecule is O=C(NCc1ccc(-c2cccs2)s1)[C@H]1CCC[C@@H]1NCc1cccc(C(F)(F)F)c1. The quantitative estimate of drug-likeness (QED) is 0.446. The highest BCUT2D eigenvalue weighted by Gasteiger charge is 2.33. The molecule has 164 valence electrons. The van der Waals surface area contributed by atoms with Crippen LogP contribution in [0.25, 0.3) is 9.75 Å². The van der Waals surface area contributed by atoms with E-state index in [1.54, 1.807) is 28.7 Å². The molecule has 1 amide bonds. The summed E-state index contributed by atoms with van der Waals surface area (Å²) in [7, 11) is 0. The van der Waals surface area contributed by atoms with Gasteiger partial charge in [-0.2, -0.15) is 13.2 Å². The summed E-state index contributed by atoms with van der Waals surface area (Å²) in [6.45, 7) is 0.805. The van der Waals surface area contributed by atoms with Crippen LogP contribution in [0.1, 0.15) is 35.3 Å². The maximum absolute atomic E-state index is 12.9. The average Bonchev–Trinajstić information content (AvgIpc) is 3.51. The van der Waals surface area contributed by atoms with Crippen LogP contribution in [0.2, 0.25) is 0 Å². The van der Waals surface area contributed by atoms with Crippen LogP contribution in [-0.4, -0.2) is 11.9 Å². The van der Waals surface area contributed by atoms with Gasteiger partial charge in [0.1, 0.15) is 0 Å². The van der Waals surface area contributed by atoms with E-state index in [0.717, 1.165) is 30.2 Å². The van der Waals surface area contributed by atoms with Crippen LogP contribution in [0.15, 0.2) is 53.9 Å². The van der Waals surface area contributed by atoms with Crippen LogP contribution in [0, 0.1) is 5.92 Å². The summed E-state index contributed by atoms with van der Waals surface area (Å²) in [6, 6.07) is 13.5. The predicted molar refractivity (Wildman–Crippen MR) is 119 cm³/mol. The Balaban J connectivity index is 1.30. The number of amides is 1. The summed E-state index contributed by atoms with van der Waals surface area (Å²) in [5.74, 6) is -0.160. The molecule has 3 nitrogen and oxygen atoms in total. The van der Waals surface area contributed by atoms with E-state index in [-0.39, 0.29) is 17.9 Å². The van der Waals surface area contributed by atoms with Crippen LogP contribution >= 0.6 is 22.7 Å². The summed E-state index contributed by atoms with van der Waals surface area (Å²) in [6.07, 6.45) is -1.79. The Bertz CT molecular complexity index is 1010. The van der Waals surface area contributed by atoms with E-state index in [2.05, 4.69) is 22.8 Å². The van der Waals surface area contributed by atoms with Crippen molar-refractivity contribution >= 4 is 28.6 Å². The summed E-state index contributed by atoms with van der Waals surface area (Å²) in [4.78, 5) is 16.3. The number of rotatable bonds is 7. The molecule has 1 aromatic carbocycles. The molecular formula is C23H23F3N2OS2. The maximum atomic E-state index is 12.9. The predicted octanol–water partition coefficient (Wildman–Crippen LogP) is 6.07. The van der Waals surface area contributed by atoms with Gasteiger partial charge in [0.05, 0.1) is 18.0 Å². The zero-order valence-electron chi connectivity index (χ0n) is 16.7. The minimum Gasteiger partial charge on any atom is -0.351 e. The van der Waals surface area contributed by atoms with E-state index in [1.165, 1.54) is 21.9 Å². The molecule has 2 N–H and O–H groups in total. The molecule has 0 bridgehead atoms. The summed E-state index contributed by atoms with van der Waals surface area (Å²) in [5, 5.41) is 8.39. The average molecular weight is 465 g/mol. The molecule has 2 heterocycles. The molecule has 8 heteroatoms. The number of nitrogens with one attached hydrogen (secondary N) is 2. The zero-order chi connectivity index (χ0) is 21.8. The largest absolute Gasteiger partial charge is 0.416 e. The van der Waals surface area contributed by atoms with Gasteiger partial charge in [-0.3, -0.25) is 4.79 Å². The summed E-state index contributed by atoms with van der Waals surface area (Å²) < 4.78 is 38.7. The molecule has 0 radical (unpaired) electrons. The van der Waals surface area contributed by atoms with Crippen molar-refractivity contribution in [3.8, 4) is 9.75 Å². The fourth-order valence-corrected chi connectivity index (χ4v) is 5.74. The smallest absolute Gasteiger partial charge is 0.351 e. The molecule has 1 saturated carbocycles. The Morgan fingerprint density at radius 1 is 1.03 bits per heavy atom. The minimum absolute atomic E-state index is 0.00474. The van der Waals surface area contributed by atoms with Crippen molar-refractivity contribution in [3.05, 3.63) is 69.9 Å². The lowest BCUT2D eigenvalue weighted by Gasteiger charge is -2.21. The van der Waals surface area contributed by atoms with Crippen LogP contribution in [0.5, 0.6) is 0 Å². The Morgan fingerprint density at radius 3 is 2.68 bits per heavy atom. The molecule has 0 saturated heterocycles. The molecule has 3 aromatic rings. The molecule has 2 aromatic heterocycles. The first-order valence-electron chi connectivity index (χ1n) is 10.2. The van der Waals surface area contributed by atoms with Crippen molar-refractivity contribution in [2.45, 2.75) is 44.6 Å². The normalized spacial score (nSPS) is 18.9. The standard InChI is InChI=1S/C23H23F3N2OS2/c24-23(25,26)16-5-1-4-15(12-16)13-27-19-7-2-6-18(19)22(29)28-14-17-9-10-21(31-17)20-8-3-11-30-20/h1,3-5,8-12,18-19,27H,2,6-7,13-14H2,(H,28,29)/t18-,19-/m0/s1. The van der Waals surface area contributed by atoms with Crippen molar-refractivity contribution in [1.82, 2.24) is 10.6 Å². The lowest BCUT2D eigenvalue weighted by atomic mass is 10.0. The van der Waals surface area contributed by atoms with Gasteiger partial charge in [-0.25, -0.2) is 0 Å². The van der Waals surface area contributed by atoms with E-state index in [4.69, 9.17) is 0 Å². The Labute approximate surface area is 187 Å². The highest BCUT2D eigenvalue weighted by atomic mass is 32.1. The van der Waals surface area contributed by atoms with Crippen molar-refractivity contribution < 1.29 is 18.0 Å². The highest BCUT2D eigenvalue weighted by Crippen LogP contribution is 2.32. The molecule has 1 aliphatic carbocycles. The maximum Gasteiger partial charge on any atom is 0.416 e. The second kappa shape index (κ2) is 9.54. The molecule has 1 fully saturated rings. The van der Waals surface area contributed by atoms with E-state index in [9.17, 15) is 18.0 Å². The van der Waals surface area contributed by atoms with Gasteiger partial charge < -0.3 is 10.6 Å². The number of benzene rings is 1. The van der Waals surface area contributed by atoms with Crippen LogP contribution in [-0.2, 0) is 24.1 Å². The fraction of sp³-hybridized carbons (Fsp3) is 0.348. The van der Waals surface area contributed by atoms with E-state index >= 15 is 0 Å². The first kappa shape index (κ1) is 22.0. The minimum atomic E-state index is -4.35. The number of thiophene rings is 2. The molecule has 0 unspecified atom stereocenters. The van der Waals surface area contributed by atoms with Crippen LogP contribution in [0.4, 0.5) is 13.2 Å². The Kier molecular flexibility index (Phi) is 6.79. The molecule has 2 atom stereocenters. The van der Waals surface area contributed by atoms with Crippen molar-refractivity contribution in [2.75, 3.05) is 0 Å². The number of hydrogen-bond acceptors (Lipinski definition) is 4. The second-order valence-electron chi connectivity index (χ2n) is 7.68. The highest BCUT2D eigenvalue weighted by molar-refractivity contribution is 7.21. The lowest BCUT2D eigenvalue weighted by molar-refractivity contribution is -0.137. The summed E-state index contributed by atoms with van der Waals surface area (Å²) in [5.41, 5.74) is -0.0778. The van der Waals surface area contributed by atoms with Gasteiger partial charge in [0.2, 0.25) is 5.91 Å². The third-order valence-corrected chi connectivity index (χ3v) is 7.69. The third-order valence-electron chi connectivity index (χ3n) is 5.54. The van der Waals surface area contributed by atoms with Gasteiger partial charge >= 0.3 is 6.18 Å². The van der Waals surface area contributed by atoms with Gasteiger partial charge in [0, 0.05) is 27.2 Å². The van der Waals surface area contributed by atoms with Gasteiger partial charge in [-0.05, 0) is 48.1 Å². The fourth-order valence-electron chi connectivity index (χ4n) is 3.95. The van der Waals surface area contributed by atoms with Crippen molar-refractivity contribution in [3.63, 3.8) is 0 Å².